The molecule has 33 heavy (non-hydrogen) atoms. The molecule has 0 bridgehead atoms. The van der Waals surface area contributed by atoms with E-state index >= 15 is 0 Å². The Balaban J connectivity index is 0.00000129. The average Bonchev–Trinajstić information content (AvgIpc) is 2.80. The molecule has 1 aliphatic heterocycles. The fourth-order valence-electron chi connectivity index (χ4n) is 3.22. The molecule has 0 aliphatic carbocycles. The molecule has 1 unspecified atom stereocenters. The van der Waals surface area contributed by atoms with Crippen molar-refractivity contribution < 1.29 is 24.2 Å². The number of methoxy groups -OCH3 is 1. The summed E-state index contributed by atoms with van der Waals surface area (Å²) >= 11 is 0. The number of nitrogens with one attached hydrogen (secondary N) is 1. The number of benzene rings is 2. The number of rotatable bonds is 3. The van der Waals surface area contributed by atoms with Crippen molar-refractivity contribution in [2.75, 3.05) is 12.4 Å². The molecule has 2 aromatic carbocycles. The summed E-state index contributed by atoms with van der Waals surface area (Å²) in [6.07, 6.45) is -0.238. The molecule has 0 radical (unpaired) electrons. The Labute approximate surface area is 197 Å². The fourth-order valence-corrected chi connectivity index (χ4v) is 3.22. The highest BCUT2D eigenvalue weighted by molar-refractivity contribution is 5.97. The van der Waals surface area contributed by atoms with Gasteiger partial charge in [-0.15, -0.1) is 0 Å². The molecule has 7 heteroatoms. The van der Waals surface area contributed by atoms with E-state index in [0.29, 0.717) is 17.9 Å². The van der Waals surface area contributed by atoms with E-state index in [9.17, 15) is 14.7 Å². The summed E-state index contributed by atoms with van der Waals surface area (Å²) in [5, 5.41) is 12.6. The Morgan fingerprint density at radius 1 is 1.00 bits per heavy atom. The van der Waals surface area contributed by atoms with Crippen molar-refractivity contribution >= 4 is 17.7 Å². The van der Waals surface area contributed by atoms with Crippen LogP contribution in [-0.2, 0) is 22.5 Å². The lowest BCUT2D eigenvalue weighted by Gasteiger charge is -2.37. The van der Waals surface area contributed by atoms with E-state index < -0.39 is 17.7 Å². The van der Waals surface area contributed by atoms with Gasteiger partial charge in [0.2, 0.25) is 5.91 Å². The third-order valence-electron chi connectivity index (χ3n) is 4.61. The second-order valence-corrected chi connectivity index (χ2v) is 8.00. The summed E-state index contributed by atoms with van der Waals surface area (Å²) in [5.41, 5.74) is 1.63. The van der Waals surface area contributed by atoms with Crippen molar-refractivity contribution in [3.63, 3.8) is 0 Å². The van der Waals surface area contributed by atoms with Gasteiger partial charge in [0.25, 0.3) is 0 Å². The number of phenols is 1. The number of phenolic OH excluding ortho intramolecular Hbond substituents is 1. The minimum absolute atomic E-state index is 0.119. The second-order valence-electron chi connectivity index (χ2n) is 8.00. The molecular formula is C26H38N2O5. The zero-order chi connectivity index (χ0) is 25.2. The Morgan fingerprint density at radius 2 is 1.61 bits per heavy atom. The van der Waals surface area contributed by atoms with Gasteiger partial charge in [-0.25, -0.2) is 4.79 Å². The molecule has 1 heterocycles. The summed E-state index contributed by atoms with van der Waals surface area (Å²) in [6.45, 7) is 13.5. The standard InChI is InChI=1S/C22H26N2O5.2C2H6/c1-22(2,3)29-21(27)24-13-15-11-17(25)8-5-14(15)12-19(24)20(26)23-16-6-9-18(28-4)10-7-16;2*1-2/h5-11,19,25H,12-13H2,1-4H3,(H,23,26);2*1-2H3. The average molecular weight is 459 g/mol. The lowest BCUT2D eigenvalue weighted by atomic mass is 9.93. The van der Waals surface area contributed by atoms with Crippen LogP contribution in [-0.4, -0.2) is 40.8 Å². The molecule has 1 aliphatic rings. The van der Waals surface area contributed by atoms with Gasteiger partial charge in [0.1, 0.15) is 23.1 Å². The third kappa shape index (κ3) is 8.00. The maximum atomic E-state index is 13.0. The number of carbonyl (C=O) groups is 2. The largest absolute Gasteiger partial charge is 0.508 e. The topological polar surface area (TPSA) is 88.1 Å². The number of hydrogen-bond acceptors (Lipinski definition) is 5. The molecule has 1 atom stereocenters. The van der Waals surface area contributed by atoms with Crippen molar-refractivity contribution in [1.29, 1.82) is 0 Å². The summed E-state index contributed by atoms with van der Waals surface area (Å²) in [7, 11) is 1.57. The highest BCUT2D eigenvalue weighted by Gasteiger charge is 2.37. The highest BCUT2D eigenvalue weighted by atomic mass is 16.6. The zero-order valence-electron chi connectivity index (χ0n) is 21.1. The van der Waals surface area contributed by atoms with Crippen LogP contribution < -0.4 is 10.1 Å². The first-order chi connectivity index (χ1) is 15.7. The van der Waals surface area contributed by atoms with Crippen LogP contribution in [0.15, 0.2) is 42.5 Å². The molecule has 0 aromatic heterocycles. The zero-order valence-corrected chi connectivity index (χ0v) is 21.1. The van der Waals surface area contributed by atoms with Gasteiger partial charge in [-0.3, -0.25) is 9.69 Å². The van der Waals surface area contributed by atoms with Crippen LogP contribution in [0.1, 0.15) is 59.6 Å². The smallest absolute Gasteiger partial charge is 0.411 e. The van der Waals surface area contributed by atoms with Gasteiger partial charge in [0, 0.05) is 12.1 Å². The van der Waals surface area contributed by atoms with Crippen LogP contribution in [0.4, 0.5) is 10.5 Å². The number of fused-ring (bicyclic) bond motifs is 1. The fraction of sp³-hybridized carbons (Fsp3) is 0.462. The Hall–Kier alpha value is -3.22. The van der Waals surface area contributed by atoms with Gasteiger partial charge in [0.15, 0.2) is 0 Å². The molecule has 0 saturated carbocycles. The van der Waals surface area contributed by atoms with E-state index in [1.807, 2.05) is 27.7 Å². The molecule has 2 N–H and O–H groups in total. The van der Waals surface area contributed by atoms with Crippen molar-refractivity contribution in [2.24, 2.45) is 0 Å². The first-order valence-corrected chi connectivity index (χ1v) is 11.4. The summed E-state index contributed by atoms with van der Waals surface area (Å²) < 4.78 is 10.6. The number of aromatic hydroxyl groups is 1. The maximum Gasteiger partial charge on any atom is 0.411 e. The molecule has 2 aromatic rings. The quantitative estimate of drug-likeness (QED) is 0.611. The van der Waals surface area contributed by atoms with Gasteiger partial charge in [-0.05, 0) is 68.3 Å². The van der Waals surface area contributed by atoms with E-state index in [-0.39, 0.29) is 18.2 Å². The first kappa shape index (κ1) is 27.8. The summed E-state index contributed by atoms with van der Waals surface area (Å²) in [5.74, 6) is 0.499. The van der Waals surface area contributed by atoms with Crippen molar-refractivity contribution in [3.8, 4) is 11.5 Å². The van der Waals surface area contributed by atoms with Crippen LogP contribution in [0.5, 0.6) is 11.5 Å². The second kappa shape index (κ2) is 12.7. The van der Waals surface area contributed by atoms with Crippen molar-refractivity contribution in [2.45, 2.75) is 73.1 Å². The van der Waals surface area contributed by atoms with Gasteiger partial charge >= 0.3 is 6.09 Å². The molecule has 0 saturated heterocycles. The van der Waals surface area contributed by atoms with Crippen LogP contribution in [0.3, 0.4) is 0 Å². The summed E-state index contributed by atoms with van der Waals surface area (Å²) in [4.78, 5) is 27.3. The van der Waals surface area contributed by atoms with E-state index in [4.69, 9.17) is 9.47 Å². The predicted molar refractivity (Wildman–Crippen MR) is 132 cm³/mol. The number of amides is 2. The van der Waals surface area contributed by atoms with E-state index in [2.05, 4.69) is 5.32 Å². The lowest BCUT2D eigenvalue weighted by Crippen LogP contribution is -2.52. The molecule has 0 spiro atoms. The van der Waals surface area contributed by atoms with E-state index in [1.54, 1.807) is 70.3 Å². The number of ether oxygens (including phenoxy) is 2. The number of nitrogens with zero attached hydrogens (tertiary/aromatic N) is 1. The summed E-state index contributed by atoms with van der Waals surface area (Å²) in [6, 6.07) is 11.2. The molecular weight excluding hydrogens is 420 g/mol. The monoisotopic (exact) mass is 458 g/mol. The molecule has 3 rings (SSSR count). The number of hydrogen-bond donors (Lipinski definition) is 2. The molecule has 0 fully saturated rings. The van der Waals surface area contributed by atoms with Crippen molar-refractivity contribution in [3.05, 3.63) is 53.6 Å². The Kier molecular flexibility index (Phi) is 10.7. The lowest BCUT2D eigenvalue weighted by molar-refractivity contribution is -0.121. The molecule has 7 nitrogen and oxygen atoms in total. The van der Waals surface area contributed by atoms with Crippen LogP contribution in [0.25, 0.3) is 0 Å². The van der Waals surface area contributed by atoms with Crippen molar-refractivity contribution in [1.82, 2.24) is 4.90 Å². The van der Waals surface area contributed by atoms with Gasteiger partial charge in [0.05, 0.1) is 13.7 Å². The minimum atomic E-state index is -0.732. The van der Waals surface area contributed by atoms with Gasteiger partial charge in [-0.1, -0.05) is 33.8 Å². The van der Waals surface area contributed by atoms with Gasteiger partial charge in [-0.2, -0.15) is 0 Å². The SMILES string of the molecule is CC.CC.COc1ccc(NC(=O)C2Cc3ccc(O)cc3CN2C(=O)OC(C)(C)C)cc1. The van der Waals surface area contributed by atoms with Crippen LogP contribution in [0.2, 0.25) is 0 Å². The van der Waals surface area contributed by atoms with E-state index in [0.717, 1.165) is 11.1 Å². The minimum Gasteiger partial charge on any atom is -0.508 e. The third-order valence-corrected chi connectivity index (χ3v) is 4.61. The van der Waals surface area contributed by atoms with Crippen LogP contribution >= 0.6 is 0 Å². The first-order valence-electron chi connectivity index (χ1n) is 11.4. The molecule has 2 amide bonds. The normalized spacial score (nSPS) is 14.4. The van der Waals surface area contributed by atoms with Gasteiger partial charge < -0.3 is 19.9 Å². The number of carbonyl (C=O) groups excluding carboxylic acids is 2. The maximum absolute atomic E-state index is 13.0. The highest BCUT2D eigenvalue weighted by Crippen LogP contribution is 2.29. The van der Waals surface area contributed by atoms with E-state index in [1.165, 1.54) is 4.90 Å². The van der Waals surface area contributed by atoms with Crippen LogP contribution in [0, 0.1) is 0 Å². The Bertz CT molecular complexity index is 904. The number of anilines is 1. The molecule has 182 valence electrons. The predicted octanol–water partition coefficient (Wildman–Crippen LogP) is 5.75. The Morgan fingerprint density at radius 3 is 2.15 bits per heavy atom.